The third-order valence-corrected chi connectivity index (χ3v) is 19.1. The first-order chi connectivity index (χ1) is 48.7. The molecule has 0 aromatic carbocycles. The number of unbranched alkanes of at least 4 members (excludes halogenated alkanes) is 38. The van der Waals surface area contributed by atoms with E-state index in [-0.39, 0.29) is 25.7 Å². The van der Waals surface area contributed by atoms with Crippen molar-refractivity contribution in [3.8, 4) is 0 Å². The van der Waals surface area contributed by atoms with Crippen LogP contribution in [0.5, 0.6) is 0 Å². The van der Waals surface area contributed by atoms with Crippen molar-refractivity contribution >= 4 is 39.5 Å². The Morgan fingerprint density at radius 1 is 0.290 bits per heavy atom. The number of carbonyl (C=O) groups excluding carboxylic acids is 4. The molecule has 0 fully saturated rings. The van der Waals surface area contributed by atoms with Gasteiger partial charge in [0.1, 0.15) is 19.3 Å². The van der Waals surface area contributed by atoms with Gasteiger partial charge in [0.05, 0.1) is 26.4 Å². The minimum atomic E-state index is -4.97. The Hall–Kier alpha value is -3.50. The summed E-state index contributed by atoms with van der Waals surface area (Å²) in [5.74, 6) is -2.18. The smallest absolute Gasteiger partial charge is 0.462 e. The van der Waals surface area contributed by atoms with Crippen molar-refractivity contribution in [2.75, 3.05) is 39.6 Å². The Kier molecular flexibility index (Phi) is 71.2. The molecule has 0 amide bonds. The molecule has 5 unspecified atom stereocenters. The number of hydrogen-bond acceptors (Lipinski definition) is 15. The van der Waals surface area contributed by atoms with Crippen LogP contribution in [0.1, 0.15) is 362 Å². The highest BCUT2D eigenvalue weighted by molar-refractivity contribution is 7.47. The number of esters is 4. The average Bonchev–Trinajstić information content (AvgIpc) is 0.953. The second-order valence-corrected chi connectivity index (χ2v) is 29.9. The van der Waals surface area contributed by atoms with Crippen LogP contribution in [0.4, 0.5) is 0 Å². The highest BCUT2D eigenvalue weighted by Gasteiger charge is 2.30. The Morgan fingerprint density at radius 2 is 0.530 bits per heavy atom. The molecule has 0 radical (unpaired) electrons. The Labute approximate surface area is 609 Å². The fraction of sp³-hybridized carbons (Fsp3) is 0.802. The molecule has 3 N–H and O–H groups in total. The number of phosphoric ester groups is 2. The van der Waals surface area contributed by atoms with Gasteiger partial charge in [-0.2, -0.15) is 0 Å². The second-order valence-electron chi connectivity index (χ2n) is 27.0. The van der Waals surface area contributed by atoms with Gasteiger partial charge in [0.25, 0.3) is 0 Å². The Balaban J connectivity index is 5.30. The van der Waals surface area contributed by atoms with Crippen molar-refractivity contribution < 1.29 is 80.2 Å². The molecule has 0 rings (SSSR count). The number of rotatable bonds is 76. The van der Waals surface area contributed by atoms with Crippen LogP contribution in [-0.2, 0) is 65.4 Å². The Bertz CT molecular complexity index is 2180. The number of allylic oxidation sites excluding steroid dienone is 12. The molecule has 0 aromatic rings. The number of ether oxygens (including phenoxy) is 4. The van der Waals surface area contributed by atoms with Gasteiger partial charge in [-0.3, -0.25) is 37.3 Å². The van der Waals surface area contributed by atoms with Gasteiger partial charge in [0, 0.05) is 25.7 Å². The molecule has 0 aliphatic rings. The quantitative estimate of drug-likeness (QED) is 0.0169. The van der Waals surface area contributed by atoms with Crippen LogP contribution in [0.25, 0.3) is 0 Å². The topological polar surface area (TPSA) is 237 Å². The van der Waals surface area contributed by atoms with Gasteiger partial charge in [-0.1, -0.05) is 300 Å². The fourth-order valence-electron chi connectivity index (χ4n) is 11.0. The first-order valence-corrected chi connectivity index (χ1v) is 43.2. The first-order valence-electron chi connectivity index (χ1n) is 40.2. The number of carbonyl (C=O) groups is 4. The van der Waals surface area contributed by atoms with Crippen molar-refractivity contribution in [3.63, 3.8) is 0 Å². The largest absolute Gasteiger partial charge is 0.472 e. The number of phosphoric acid groups is 2. The number of aliphatic hydroxyl groups excluding tert-OH is 1. The summed E-state index contributed by atoms with van der Waals surface area (Å²) >= 11 is 0. The van der Waals surface area contributed by atoms with Crippen LogP contribution < -0.4 is 0 Å². The zero-order chi connectivity index (χ0) is 73.2. The minimum absolute atomic E-state index is 0.0832. The van der Waals surface area contributed by atoms with Crippen LogP contribution in [0.15, 0.2) is 72.9 Å². The van der Waals surface area contributed by atoms with E-state index in [0.717, 1.165) is 167 Å². The summed E-state index contributed by atoms with van der Waals surface area (Å²) < 4.78 is 68.6. The van der Waals surface area contributed by atoms with E-state index in [1.165, 1.54) is 116 Å². The maximum absolute atomic E-state index is 13.1. The molecule has 0 aliphatic heterocycles. The van der Waals surface area contributed by atoms with Crippen molar-refractivity contribution in [1.82, 2.24) is 0 Å². The van der Waals surface area contributed by atoms with Crippen LogP contribution in [0.2, 0.25) is 0 Å². The van der Waals surface area contributed by atoms with Crippen molar-refractivity contribution in [2.24, 2.45) is 0 Å². The van der Waals surface area contributed by atoms with E-state index in [4.69, 9.17) is 37.0 Å². The summed E-state index contributed by atoms with van der Waals surface area (Å²) in [6, 6.07) is 0. The summed E-state index contributed by atoms with van der Waals surface area (Å²) in [5, 5.41) is 10.6. The standard InChI is InChI=1S/C81H146O17P2/c1-5-9-13-17-21-25-29-32-35-36-37-38-41-43-47-50-54-58-62-66-79(84)91-71-76(97-80(85)67-63-59-55-51-45-28-24-20-16-12-8-4)73-95-99(87,88)93-69-75(82)70-94-100(89,90)96-74-77(98-81(86)68-64-60-56-52-48-44-40-34-31-27-23-19-15-11-7-3)72-92-78(83)65-61-57-53-49-46-42-39-33-30-26-22-18-14-10-6-2/h9,13,20-21,24-25,32-33,35,37-39,75-77,82H,5-8,10-12,14-19,22-23,26-31,34,36,40-74H2,1-4H3,(H,87,88)(H,89,90)/b13-9-,24-20-,25-21-,35-32-,38-37-,39-33-. The molecular weight excluding hydrogens is 1310 g/mol. The van der Waals surface area contributed by atoms with Gasteiger partial charge in [-0.25, -0.2) is 9.13 Å². The number of aliphatic hydroxyl groups is 1. The summed E-state index contributed by atoms with van der Waals surface area (Å²) in [6.45, 7) is 4.75. The monoisotopic (exact) mass is 1450 g/mol. The van der Waals surface area contributed by atoms with E-state index in [1.807, 2.05) is 0 Å². The third kappa shape index (κ3) is 72.8. The Morgan fingerprint density at radius 3 is 0.840 bits per heavy atom. The summed E-state index contributed by atoms with van der Waals surface area (Å²) in [7, 11) is -9.95. The molecule has 0 aliphatic carbocycles. The molecule has 0 spiro atoms. The molecule has 582 valence electrons. The lowest BCUT2D eigenvalue weighted by Gasteiger charge is -2.21. The highest BCUT2D eigenvalue weighted by atomic mass is 31.2. The first kappa shape index (κ1) is 96.5. The molecule has 100 heavy (non-hydrogen) atoms. The van der Waals surface area contributed by atoms with Gasteiger partial charge in [0.2, 0.25) is 0 Å². The molecule has 0 saturated heterocycles. The molecule has 19 heteroatoms. The van der Waals surface area contributed by atoms with Gasteiger partial charge in [-0.15, -0.1) is 0 Å². The van der Waals surface area contributed by atoms with E-state index in [1.54, 1.807) is 0 Å². The van der Waals surface area contributed by atoms with Crippen LogP contribution in [-0.4, -0.2) is 96.7 Å². The molecule has 17 nitrogen and oxygen atoms in total. The molecule has 0 heterocycles. The predicted octanol–water partition coefficient (Wildman–Crippen LogP) is 23.2. The van der Waals surface area contributed by atoms with E-state index in [2.05, 4.69) is 101 Å². The minimum Gasteiger partial charge on any atom is -0.462 e. The fourth-order valence-corrected chi connectivity index (χ4v) is 12.6. The van der Waals surface area contributed by atoms with Gasteiger partial charge in [0.15, 0.2) is 12.2 Å². The zero-order valence-electron chi connectivity index (χ0n) is 63.6. The van der Waals surface area contributed by atoms with Gasteiger partial charge >= 0.3 is 39.5 Å². The van der Waals surface area contributed by atoms with Crippen LogP contribution >= 0.6 is 15.6 Å². The lowest BCUT2D eigenvalue weighted by Crippen LogP contribution is -2.30. The maximum atomic E-state index is 13.1. The van der Waals surface area contributed by atoms with E-state index in [0.29, 0.717) is 25.7 Å². The highest BCUT2D eigenvalue weighted by Crippen LogP contribution is 2.45. The van der Waals surface area contributed by atoms with Crippen molar-refractivity contribution in [2.45, 2.75) is 380 Å². The number of hydrogen-bond donors (Lipinski definition) is 3. The summed E-state index contributed by atoms with van der Waals surface area (Å²) in [6.07, 6.45) is 74.5. The maximum Gasteiger partial charge on any atom is 0.472 e. The lowest BCUT2D eigenvalue weighted by molar-refractivity contribution is -0.161. The summed E-state index contributed by atoms with van der Waals surface area (Å²) in [4.78, 5) is 72.9. The van der Waals surface area contributed by atoms with Crippen LogP contribution in [0, 0.1) is 0 Å². The van der Waals surface area contributed by atoms with Crippen molar-refractivity contribution in [1.29, 1.82) is 0 Å². The predicted molar refractivity (Wildman–Crippen MR) is 409 cm³/mol. The second kappa shape index (κ2) is 73.8. The molecule has 0 aromatic heterocycles. The molecule has 5 atom stereocenters. The molecule has 0 saturated carbocycles. The summed E-state index contributed by atoms with van der Waals surface area (Å²) in [5.41, 5.74) is 0. The van der Waals surface area contributed by atoms with E-state index >= 15 is 0 Å². The van der Waals surface area contributed by atoms with E-state index in [9.17, 15) is 43.2 Å². The molecule has 0 bridgehead atoms. The van der Waals surface area contributed by atoms with Gasteiger partial charge in [-0.05, 0) is 109 Å². The zero-order valence-corrected chi connectivity index (χ0v) is 65.4. The SMILES string of the molecule is CC/C=C\C/C=C\C/C=C\C/C=C\CCCCCCCCC(=O)OCC(COP(=O)(O)OCC(O)COP(=O)(O)OCC(COC(=O)CCCCCCC/C=C\CCCCCCCC)OC(=O)CCCCCCCCCCCCCCCCC)OC(=O)CCCCCCC/C=C\CCCC. The average molecular weight is 1450 g/mol. The third-order valence-electron chi connectivity index (χ3n) is 17.2. The molecular formula is C81H146O17P2. The lowest BCUT2D eigenvalue weighted by atomic mass is 10.0. The van der Waals surface area contributed by atoms with Crippen LogP contribution in [0.3, 0.4) is 0 Å². The van der Waals surface area contributed by atoms with Gasteiger partial charge < -0.3 is 33.8 Å². The normalized spacial score (nSPS) is 14.3. The van der Waals surface area contributed by atoms with E-state index < -0.39 is 97.5 Å². The van der Waals surface area contributed by atoms with Crippen molar-refractivity contribution in [3.05, 3.63) is 72.9 Å².